The molecule has 0 amide bonds. The topological polar surface area (TPSA) is 88.1 Å². The van der Waals surface area contributed by atoms with Crippen LogP contribution in [0.25, 0.3) is 10.1 Å². The summed E-state index contributed by atoms with van der Waals surface area (Å²) in [6, 6.07) is 12.1. The van der Waals surface area contributed by atoms with Gasteiger partial charge in [0.25, 0.3) is 5.79 Å². The number of carbonyl (C=O) groups is 2. The molecule has 0 spiro atoms. The van der Waals surface area contributed by atoms with Crippen LogP contribution in [0.15, 0.2) is 53.2 Å². The van der Waals surface area contributed by atoms with Gasteiger partial charge >= 0.3 is 11.9 Å². The molecule has 2 aromatic carbocycles. The predicted octanol–water partition coefficient (Wildman–Crippen LogP) is 8.74. The zero-order valence-electron chi connectivity index (χ0n) is 27.7. The normalized spacial score (nSPS) is 15.2. The van der Waals surface area contributed by atoms with Gasteiger partial charge in [-0.25, -0.2) is 9.59 Å². The fourth-order valence-electron chi connectivity index (χ4n) is 5.49. The average Bonchev–Trinajstić information content (AvgIpc) is 3.31. The number of carbonyl (C=O) groups excluding carboxylic acids is 2. The first-order chi connectivity index (χ1) is 20.5. The van der Waals surface area contributed by atoms with Crippen LogP contribution in [0, 0.1) is 0 Å². The van der Waals surface area contributed by atoms with Gasteiger partial charge in [-0.05, 0) is 51.8 Å². The van der Waals surface area contributed by atoms with E-state index in [1.54, 1.807) is 25.2 Å². The van der Waals surface area contributed by atoms with Gasteiger partial charge in [0.2, 0.25) is 0 Å². The zero-order valence-corrected chi connectivity index (χ0v) is 28.5. The summed E-state index contributed by atoms with van der Waals surface area (Å²) in [5, 5.41) is 18.1. The highest BCUT2D eigenvalue weighted by Crippen LogP contribution is 2.42. The molecule has 44 heavy (non-hydrogen) atoms. The van der Waals surface area contributed by atoms with E-state index < -0.39 is 17.7 Å². The van der Waals surface area contributed by atoms with Crippen LogP contribution in [-0.4, -0.2) is 34.3 Å². The second kappa shape index (κ2) is 12.8. The monoisotopic (exact) mass is 620 g/mol. The van der Waals surface area contributed by atoms with Gasteiger partial charge in [0, 0.05) is 48.5 Å². The van der Waals surface area contributed by atoms with Crippen LogP contribution in [0.5, 0.6) is 5.75 Å². The molecule has 1 fully saturated rings. The molecule has 0 radical (unpaired) electrons. The van der Waals surface area contributed by atoms with Gasteiger partial charge < -0.3 is 24.8 Å². The molecule has 2 N–H and O–H groups in total. The Morgan fingerprint density at radius 3 is 2.09 bits per heavy atom. The van der Waals surface area contributed by atoms with Crippen molar-refractivity contribution in [3.8, 4) is 5.75 Å². The molecule has 0 saturated carbocycles. The van der Waals surface area contributed by atoms with E-state index in [1.165, 1.54) is 4.70 Å². The minimum atomic E-state index is -1.37. The van der Waals surface area contributed by atoms with Crippen molar-refractivity contribution < 1.29 is 24.2 Å². The Labute approximate surface area is 266 Å². The standard InChI is InChI=1S/C36H48N2O5S/c1-10-11-12-15-18-38(21-23-22-44-28-17-14-13-16-25(23)28)31(29-32(40)42-36(8,9)43-33(29)41)37-24-19-26(34(2,3)4)30(39)27(20-24)35(5,6)7/h13-14,16-17,19-20,22,37,39H,10-12,15,18,21H2,1-9H3. The molecular weight excluding hydrogens is 572 g/mol. The third kappa shape index (κ3) is 7.57. The predicted molar refractivity (Wildman–Crippen MR) is 179 cm³/mol. The van der Waals surface area contributed by atoms with Crippen LogP contribution in [0.2, 0.25) is 0 Å². The number of nitrogens with one attached hydrogen (secondary N) is 1. The molecule has 2 heterocycles. The summed E-state index contributed by atoms with van der Waals surface area (Å²) < 4.78 is 12.4. The van der Waals surface area contributed by atoms with Crippen molar-refractivity contribution in [2.24, 2.45) is 0 Å². The van der Waals surface area contributed by atoms with E-state index in [0.29, 0.717) is 24.6 Å². The second-order valence-electron chi connectivity index (χ2n) is 14.2. The molecule has 7 nitrogen and oxygen atoms in total. The highest BCUT2D eigenvalue weighted by Gasteiger charge is 2.42. The number of esters is 2. The van der Waals surface area contributed by atoms with E-state index in [-0.39, 0.29) is 22.2 Å². The lowest BCUT2D eigenvalue weighted by molar-refractivity contribution is -0.222. The Morgan fingerprint density at radius 1 is 0.932 bits per heavy atom. The van der Waals surface area contributed by atoms with Crippen molar-refractivity contribution >= 4 is 39.0 Å². The highest BCUT2D eigenvalue weighted by molar-refractivity contribution is 7.17. The van der Waals surface area contributed by atoms with E-state index in [4.69, 9.17) is 9.47 Å². The van der Waals surface area contributed by atoms with E-state index in [2.05, 4.69) is 76.2 Å². The van der Waals surface area contributed by atoms with Gasteiger partial charge in [-0.2, -0.15) is 0 Å². The Balaban J connectivity index is 1.91. The van der Waals surface area contributed by atoms with Gasteiger partial charge in [-0.15, -0.1) is 11.3 Å². The second-order valence-corrected chi connectivity index (χ2v) is 15.1. The van der Waals surface area contributed by atoms with Crippen molar-refractivity contribution in [2.45, 2.75) is 111 Å². The van der Waals surface area contributed by atoms with Crippen molar-refractivity contribution in [1.29, 1.82) is 0 Å². The lowest BCUT2D eigenvalue weighted by Gasteiger charge is -2.35. The number of fused-ring (bicyclic) bond motifs is 1. The molecule has 238 valence electrons. The molecule has 1 aromatic heterocycles. The number of ether oxygens (including phenoxy) is 2. The van der Waals surface area contributed by atoms with Crippen molar-refractivity contribution in [2.75, 3.05) is 11.9 Å². The Hall–Kier alpha value is -3.52. The number of hydrogen-bond acceptors (Lipinski definition) is 8. The molecule has 3 aromatic rings. The smallest absolute Gasteiger partial charge is 0.352 e. The highest BCUT2D eigenvalue weighted by atomic mass is 32.1. The number of phenolic OH excluding ortho intramolecular Hbond substituents is 1. The summed E-state index contributed by atoms with van der Waals surface area (Å²) in [6.45, 7) is 18.7. The maximum Gasteiger partial charge on any atom is 0.352 e. The lowest BCUT2D eigenvalue weighted by atomic mass is 9.79. The van der Waals surface area contributed by atoms with Crippen molar-refractivity contribution in [1.82, 2.24) is 4.90 Å². The SMILES string of the molecule is CCCCCCN(Cc1csc2ccccc12)C(Nc1cc(C(C)(C)C)c(O)c(C(C)(C)C)c1)=C1C(=O)OC(C)(C)OC1=O. The number of cyclic esters (lactones) is 2. The summed E-state index contributed by atoms with van der Waals surface area (Å²) in [5.74, 6) is -2.23. The van der Waals surface area contributed by atoms with E-state index in [0.717, 1.165) is 47.8 Å². The van der Waals surface area contributed by atoms with E-state index in [1.807, 2.05) is 24.3 Å². The fourth-order valence-corrected chi connectivity index (χ4v) is 6.45. The number of aromatic hydroxyl groups is 1. The van der Waals surface area contributed by atoms with Crippen molar-refractivity contribution in [3.05, 3.63) is 69.9 Å². The number of unbranched alkanes of at least 4 members (excludes halogenated alkanes) is 3. The van der Waals surface area contributed by atoms with Crippen molar-refractivity contribution in [3.63, 3.8) is 0 Å². The van der Waals surface area contributed by atoms with Gasteiger partial charge in [-0.1, -0.05) is 85.9 Å². The van der Waals surface area contributed by atoms with Crippen LogP contribution >= 0.6 is 11.3 Å². The average molecular weight is 621 g/mol. The lowest BCUT2D eigenvalue weighted by Crippen LogP contribution is -2.44. The Kier molecular flexibility index (Phi) is 9.74. The minimum absolute atomic E-state index is 0.165. The minimum Gasteiger partial charge on any atom is -0.507 e. The molecule has 0 unspecified atom stereocenters. The van der Waals surface area contributed by atoms with E-state index >= 15 is 0 Å². The number of benzene rings is 2. The number of thiophene rings is 1. The summed E-state index contributed by atoms with van der Waals surface area (Å²) in [6.07, 6.45) is 4.08. The van der Waals surface area contributed by atoms with Crippen LogP contribution in [0.1, 0.15) is 105 Å². The first-order valence-electron chi connectivity index (χ1n) is 15.6. The molecule has 1 aliphatic rings. The number of phenols is 1. The largest absolute Gasteiger partial charge is 0.507 e. The Bertz CT molecular complexity index is 1500. The molecule has 0 aliphatic carbocycles. The number of anilines is 1. The third-order valence-corrected chi connectivity index (χ3v) is 8.84. The third-order valence-electron chi connectivity index (χ3n) is 7.83. The number of rotatable bonds is 10. The van der Waals surface area contributed by atoms with Crippen LogP contribution in [0.3, 0.4) is 0 Å². The summed E-state index contributed by atoms with van der Waals surface area (Å²) in [7, 11) is 0. The quantitative estimate of drug-likeness (QED) is 0.0770. The first kappa shape index (κ1) is 33.4. The molecule has 8 heteroatoms. The summed E-state index contributed by atoms with van der Waals surface area (Å²) in [4.78, 5) is 29.2. The van der Waals surface area contributed by atoms with Crippen LogP contribution < -0.4 is 5.32 Å². The molecular formula is C36H48N2O5S. The maximum atomic E-state index is 13.6. The van der Waals surface area contributed by atoms with Gasteiger partial charge in [0.05, 0.1) is 0 Å². The molecule has 1 saturated heterocycles. The van der Waals surface area contributed by atoms with Gasteiger partial charge in [0.1, 0.15) is 11.6 Å². The maximum absolute atomic E-state index is 13.6. The first-order valence-corrected chi connectivity index (χ1v) is 16.5. The fraction of sp³-hybridized carbons (Fsp3) is 0.500. The van der Waals surface area contributed by atoms with E-state index in [9.17, 15) is 14.7 Å². The summed E-state index contributed by atoms with van der Waals surface area (Å²) >= 11 is 1.68. The number of nitrogens with zero attached hydrogens (tertiary/aromatic N) is 1. The molecule has 1 aliphatic heterocycles. The molecule has 4 rings (SSSR count). The number of hydrogen-bond donors (Lipinski definition) is 2. The van der Waals surface area contributed by atoms with Crippen LogP contribution in [0.4, 0.5) is 5.69 Å². The Morgan fingerprint density at radius 2 is 1.52 bits per heavy atom. The van der Waals surface area contributed by atoms with Crippen LogP contribution in [-0.2, 0) is 36.4 Å². The zero-order chi connectivity index (χ0) is 32.4. The van der Waals surface area contributed by atoms with Gasteiger partial charge in [0.15, 0.2) is 5.57 Å². The summed E-state index contributed by atoms with van der Waals surface area (Å²) in [5.41, 5.74) is 2.42. The molecule has 0 bridgehead atoms. The molecule has 0 atom stereocenters. The van der Waals surface area contributed by atoms with Gasteiger partial charge in [-0.3, -0.25) is 0 Å².